The third-order valence-electron chi connectivity index (χ3n) is 5.01. The van der Waals surface area contributed by atoms with E-state index in [0.717, 1.165) is 49.7 Å². The van der Waals surface area contributed by atoms with Gasteiger partial charge >= 0.3 is 0 Å². The van der Waals surface area contributed by atoms with E-state index in [1.54, 1.807) is 6.07 Å². The molecule has 0 bridgehead atoms. The lowest BCUT2D eigenvalue weighted by molar-refractivity contribution is 0.0332. The number of H-pyrrole nitrogens is 2. The summed E-state index contributed by atoms with van der Waals surface area (Å²) in [5, 5.41) is 5.25. The van der Waals surface area contributed by atoms with Crippen LogP contribution in [0.2, 0.25) is 0 Å². The van der Waals surface area contributed by atoms with Crippen molar-refractivity contribution < 1.29 is 9.53 Å². The van der Waals surface area contributed by atoms with Crippen LogP contribution < -0.4 is 10.9 Å². The van der Waals surface area contributed by atoms with E-state index in [1.807, 2.05) is 23.6 Å². The number of carbonyl (C=O) groups is 1. The van der Waals surface area contributed by atoms with Gasteiger partial charge in [0.25, 0.3) is 11.5 Å². The lowest BCUT2D eigenvalue weighted by Crippen LogP contribution is -2.35. The van der Waals surface area contributed by atoms with Crippen LogP contribution in [0.4, 0.5) is 5.69 Å². The number of ether oxygens (including phenoxy) is 1. The lowest BCUT2D eigenvalue weighted by atomic mass is 10.2. The predicted octanol–water partition coefficient (Wildman–Crippen LogP) is 2.55. The number of anilines is 1. The number of rotatable bonds is 4. The summed E-state index contributed by atoms with van der Waals surface area (Å²) >= 11 is 1.38. The second-order valence-electron chi connectivity index (χ2n) is 6.95. The summed E-state index contributed by atoms with van der Waals surface area (Å²) in [6, 6.07) is 7.32. The summed E-state index contributed by atoms with van der Waals surface area (Å²) in [5.74, 6) is 0.632. The van der Waals surface area contributed by atoms with Crippen molar-refractivity contribution in [3.8, 4) is 0 Å². The fourth-order valence-corrected chi connectivity index (χ4v) is 4.44. The minimum absolute atomic E-state index is 0.190. The summed E-state index contributed by atoms with van der Waals surface area (Å²) in [5.41, 5.74) is 2.65. The van der Waals surface area contributed by atoms with Crippen molar-refractivity contribution in [1.29, 1.82) is 0 Å². The molecule has 1 aliphatic heterocycles. The number of nitrogens with one attached hydrogen (secondary N) is 3. The van der Waals surface area contributed by atoms with Crippen molar-refractivity contribution in [3.05, 3.63) is 57.6 Å². The lowest BCUT2D eigenvalue weighted by Gasteiger charge is -2.25. The van der Waals surface area contributed by atoms with E-state index in [9.17, 15) is 9.59 Å². The molecule has 1 fully saturated rings. The fourth-order valence-electron chi connectivity index (χ4n) is 3.53. The third kappa shape index (κ3) is 3.55. The number of morpholine rings is 1. The molecule has 3 aromatic heterocycles. The zero-order chi connectivity index (χ0) is 19.8. The van der Waals surface area contributed by atoms with E-state index >= 15 is 0 Å². The van der Waals surface area contributed by atoms with Crippen molar-refractivity contribution in [2.75, 3.05) is 31.6 Å². The number of carbonyl (C=O) groups excluding carboxylic acids is 1. The Balaban J connectivity index is 1.37. The van der Waals surface area contributed by atoms with Crippen LogP contribution in [-0.2, 0) is 11.3 Å². The third-order valence-corrected chi connectivity index (χ3v) is 5.96. The highest BCUT2D eigenvalue weighted by Gasteiger charge is 2.15. The Morgan fingerprint density at radius 3 is 3.00 bits per heavy atom. The normalized spacial score (nSPS) is 15.2. The Morgan fingerprint density at radius 2 is 2.14 bits per heavy atom. The summed E-state index contributed by atoms with van der Waals surface area (Å²) in [6.07, 6.45) is 1.46. The maximum atomic E-state index is 12.8. The molecule has 0 atom stereocenters. The first kappa shape index (κ1) is 18.0. The maximum Gasteiger partial charge on any atom is 0.258 e. The molecule has 5 rings (SSSR count). The van der Waals surface area contributed by atoms with Gasteiger partial charge in [-0.15, -0.1) is 11.3 Å². The van der Waals surface area contributed by atoms with Crippen LogP contribution in [0, 0.1) is 0 Å². The first-order chi connectivity index (χ1) is 14.2. The molecule has 1 amide bonds. The second kappa shape index (κ2) is 7.43. The minimum Gasteiger partial charge on any atom is -0.379 e. The summed E-state index contributed by atoms with van der Waals surface area (Å²) in [4.78, 5) is 37.5. The summed E-state index contributed by atoms with van der Waals surface area (Å²) in [7, 11) is 0. The summed E-state index contributed by atoms with van der Waals surface area (Å²) < 4.78 is 6.06. The number of aromatic amines is 2. The van der Waals surface area contributed by atoms with E-state index in [1.165, 1.54) is 17.5 Å². The molecule has 1 saturated heterocycles. The molecule has 0 unspecified atom stereocenters. The van der Waals surface area contributed by atoms with Gasteiger partial charge in [0.1, 0.15) is 5.82 Å². The van der Waals surface area contributed by atoms with Gasteiger partial charge in [0.15, 0.2) is 0 Å². The molecule has 0 spiro atoms. The number of amides is 1. The molecule has 3 N–H and O–H groups in total. The van der Waals surface area contributed by atoms with Gasteiger partial charge in [0, 0.05) is 25.0 Å². The number of hydrogen-bond acceptors (Lipinski definition) is 6. The Labute approximate surface area is 169 Å². The molecule has 8 nitrogen and oxygen atoms in total. The molecule has 0 aliphatic carbocycles. The van der Waals surface area contributed by atoms with Crippen LogP contribution in [0.3, 0.4) is 0 Å². The molecule has 1 aromatic carbocycles. The average molecular weight is 409 g/mol. The zero-order valence-electron chi connectivity index (χ0n) is 15.5. The number of thiophene rings is 1. The molecule has 0 saturated carbocycles. The molecule has 1 aliphatic rings. The molecule has 4 heterocycles. The van der Waals surface area contributed by atoms with Gasteiger partial charge in [-0.3, -0.25) is 14.5 Å². The van der Waals surface area contributed by atoms with Gasteiger partial charge in [-0.1, -0.05) is 0 Å². The van der Waals surface area contributed by atoms with Gasteiger partial charge < -0.3 is 20.0 Å². The number of fused-ring (bicyclic) bond motifs is 2. The number of benzene rings is 1. The van der Waals surface area contributed by atoms with Crippen molar-refractivity contribution in [2.45, 2.75) is 6.54 Å². The average Bonchev–Trinajstić information content (AvgIpc) is 3.36. The van der Waals surface area contributed by atoms with Crippen LogP contribution in [0.1, 0.15) is 16.2 Å². The van der Waals surface area contributed by atoms with E-state index < -0.39 is 0 Å². The van der Waals surface area contributed by atoms with E-state index in [0.29, 0.717) is 21.3 Å². The smallest absolute Gasteiger partial charge is 0.258 e. The van der Waals surface area contributed by atoms with Gasteiger partial charge in [-0.05, 0) is 29.6 Å². The van der Waals surface area contributed by atoms with Crippen molar-refractivity contribution in [1.82, 2.24) is 19.9 Å². The second-order valence-corrected chi connectivity index (χ2v) is 7.87. The Kier molecular flexibility index (Phi) is 4.62. The fraction of sp³-hybridized carbons (Fsp3) is 0.250. The van der Waals surface area contributed by atoms with Crippen molar-refractivity contribution in [3.63, 3.8) is 0 Å². The first-order valence-corrected chi connectivity index (χ1v) is 10.2. The summed E-state index contributed by atoms with van der Waals surface area (Å²) in [6.45, 7) is 4.04. The minimum atomic E-state index is -0.263. The molecule has 9 heteroatoms. The highest BCUT2D eigenvalue weighted by Crippen LogP contribution is 2.23. The predicted molar refractivity (Wildman–Crippen MR) is 113 cm³/mol. The molecule has 148 valence electrons. The SMILES string of the molecule is O=C(Nc1ccc2nc(CN3CCOCC3)[nH]c2c1)c1c[nH]c(=O)c2ccsc12. The van der Waals surface area contributed by atoms with E-state index in [4.69, 9.17) is 4.74 Å². The largest absolute Gasteiger partial charge is 0.379 e. The highest BCUT2D eigenvalue weighted by molar-refractivity contribution is 7.17. The Hall–Kier alpha value is -3.01. The first-order valence-electron chi connectivity index (χ1n) is 9.36. The van der Waals surface area contributed by atoms with Gasteiger partial charge in [-0.25, -0.2) is 4.98 Å². The quantitative estimate of drug-likeness (QED) is 0.481. The highest BCUT2D eigenvalue weighted by atomic mass is 32.1. The number of hydrogen-bond donors (Lipinski definition) is 3. The van der Waals surface area contributed by atoms with Crippen LogP contribution in [0.25, 0.3) is 21.1 Å². The van der Waals surface area contributed by atoms with E-state index in [2.05, 4.69) is 25.2 Å². The maximum absolute atomic E-state index is 12.8. The van der Waals surface area contributed by atoms with Crippen LogP contribution >= 0.6 is 11.3 Å². The van der Waals surface area contributed by atoms with Gasteiger partial charge in [0.2, 0.25) is 0 Å². The van der Waals surface area contributed by atoms with Gasteiger partial charge in [0.05, 0.1) is 46.4 Å². The number of pyridine rings is 1. The Bertz CT molecular complexity index is 1250. The monoisotopic (exact) mass is 409 g/mol. The number of nitrogens with zero attached hydrogens (tertiary/aromatic N) is 2. The van der Waals surface area contributed by atoms with Crippen LogP contribution in [-0.4, -0.2) is 52.1 Å². The van der Waals surface area contributed by atoms with Gasteiger partial charge in [-0.2, -0.15) is 0 Å². The number of aromatic nitrogens is 3. The zero-order valence-corrected chi connectivity index (χ0v) is 16.3. The molecule has 0 radical (unpaired) electrons. The standard InChI is InChI=1S/C20H19N5O3S/c26-19-13-3-8-29-18(13)14(10-21-19)20(27)22-12-1-2-15-16(9-12)24-17(23-15)11-25-4-6-28-7-5-25/h1-3,8-10H,4-7,11H2,(H,21,26)(H,22,27)(H,23,24). The topological polar surface area (TPSA) is 103 Å². The van der Waals surface area contributed by atoms with E-state index in [-0.39, 0.29) is 11.5 Å². The number of imidazole rings is 1. The Morgan fingerprint density at radius 1 is 1.28 bits per heavy atom. The molecule has 29 heavy (non-hydrogen) atoms. The molecule has 4 aromatic rings. The molecular weight excluding hydrogens is 390 g/mol. The van der Waals surface area contributed by atoms with Crippen molar-refractivity contribution >= 4 is 44.1 Å². The molecular formula is C20H19N5O3S. The van der Waals surface area contributed by atoms with Crippen LogP contribution in [0.15, 0.2) is 40.6 Å². The van der Waals surface area contributed by atoms with Crippen LogP contribution in [0.5, 0.6) is 0 Å². The van der Waals surface area contributed by atoms with Crippen molar-refractivity contribution in [2.24, 2.45) is 0 Å².